The molecule has 0 saturated carbocycles. The number of hydrogen-bond acceptors (Lipinski definition) is 3. The summed E-state index contributed by atoms with van der Waals surface area (Å²) in [5.74, 6) is 0. The predicted octanol–water partition coefficient (Wildman–Crippen LogP) is 4.26. The minimum atomic E-state index is -3.76. The Morgan fingerprint density at radius 1 is 0.909 bits per heavy atom. The molecule has 0 amide bonds. The van der Waals surface area contributed by atoms with Crippen LogP contribution in [0.25, 0.3) is 0 Å². The molecule has 0 unspecified atom stereocenters. The van der Waals surface area contributed by atoms with Crippen LogP contribution in [-0.4, -0.2) is 28.4 Å². The van der Waals surface area contributed by atoms with Crippen molar-refractivity contribution in [2.45, 2.75) is 18.0 Å². The van der Waals surface area contributed by atoms with Crippen LogP contribution in [0.2, 0.25) is 0 Å². The van der Waals surface area contributed by atoms with Gasteiger partial charge >= 0.3 is 133 Å². The number of benzene rings is 2. The van der Waals surface area contributed by atoms with Crippen LogP contribution in [0.15, 0.2) is 59.5 Å². The van der Waals surface area contributed by atoms with E-state index in [0.717, 1.165) is 11.1 Å². The Kier molecular flexibility index (Phi) is 4.49. The molecule has 0 N–H and O–H groups in total. The molecule has 0 aliphatic rings. The van der Waals surface area contributed by atoms with Gasteiger partial charge in [-0.1, -0.05) is 0 Å². The van der Waals surface area contributed by atoms with Gasteiger partial charge < -0.3 is 0 Å². The zero-order valence-corrected chi connectivity index (χ0v) is 15.2. The molecule has 2 rings (SSSR count). The maximum atomic E-state index is 12.6. The maximum absolute atomic E-state index is 12.6. The van der Waals surface area contributed by atoms with Gasteiger partial charge in [-0.2, -0.15) is 0 Å². The van der Waals surface area contributed by atoms with Crippen molar-refractivity contribution >= 4 is 16.9 Å². The van der Waals surface area contributed by atoms with Gasteiger partial charge in [0.25, 0.3) is 0 Å². The average Bonchev–Trinajstić information content (AvgIpc) is 2.37. The molecular formula is C17H23O3PS. The van der Waals surface area contributed by atoms with Crippen LogP contribution in [0.4, 0.5) is 0 Å². The first-order valence-electron chi connectivity index (χ1n) is 7.13. The third kappa shape index (κ3) is 4.64. The molecule has 0 aliphatic carbocycles. The Labute approximate surface area is 133 Å². The normalized spacial score (nSPS) is 14.3. The van der Waals surface area contributed by atoms with Crippen LogP contribution in [0.3, 0.4) is 0 Å². The van der Waals surface area contributed by atoms with Crippen LogP contribution in [0.5, 0.6) is 0 Å². The van der Waals surface area contributed by atoms with E-state index in [-0.39, 0.29) is 4.90 Å². The summed E-state index contributed by atoms with van der Waals surface area (Å²) in [5.41, 5.74) is 2.11. The van der Waals surface area contributed by atoms with Crippen molar-refractivity contribution in [3.8, 4) is 0 Å². The van der Waals surface area contributed by atoms with Gasteiger partial charge in [-0.15, -0.1) is 0 Å². The van der Waals surface area contributed by atoms with Gasteiger partial charge in [0, 0.05) is 0 Å². The third-order valence-electron chi connectivity index (χ3n) is 3.25. The molecule has 2 aromatic carbocycles. The summed E-state index contributed by atoms with van der Waals surface area (Å²) in [6.07, 6.45) is 0.623. The van der Waals surface area contributed by atoms with Crippen molar-refractivity contribution in [1.82, 2.24) is 0 Å². The minimum absolute atomic E-state index is 0.214. The molecule has 0 aliphatic heterocycles. The first kappa shape index (κ1) is 17.1. The van der Waals surface area contributed by atoms with Gasteiger partial charge in [0.2, 0.25) is 0 Å². The van der Waals surface area contributed by atoms with Crippen molar-refractivity contribution < 1.29 is 12.4 Å². The van der Waals surface area contributed by atoms with Crippen molar-refractivity contribution in [2.75, 3.05) is 20.0 Å². The molecule has 0 heterocycles. The molecule has 120 valence electrons. The van der Waals surface area contributed by atoms with E-state index in [0.29, 0.717) is 6.16 Å². The number of aryl methyl sites for hydroxylation is 1. The molecule has 0 atom stereocenters. The molecule has 0 bridgehead atoms. The topological polar surface area (TPSA) is 43.4 Å². The van der Waals surface area contributed by atoms with Gasteiger partial charge in [0.1, 0.15) is 0 Å². The Morgan fingerprint density at radius 3 is 2.00 bits per heavy atom. The van der Waals surface area contributed by atoms with E-state index in [1.807, 2.05) is 57.3 Å². The van der Waals surface area contributed by atoms with E-state index in [9.17, 15) is 8.42 Å². The zero-order chi connectivity index (χ0) is 16.5. The Bertz CT molecular complexity index is 742. The van der Waals surface area contributed by atoms with Gasteiger partial charge in [0.15, 0.2) is 0 Å². The molecule has 0 saturated heterocycles. The first-order chi connectivity index (χ1) is 10.1. The SMILES string of the molecule is Cc1ccc(S(=O)(=O)OP(C)(C)(C)Cc2ccccc2)cc1. The van der Waals surface area contributed by atoms with Crippen LogP contribution in [-0.2, 0) is 20.3 Å². The van der Waals surface area contributed by atoms with Crippen LogP contribution in [0.1, 0.15) is 11.1 Å². The Morgan fingerprint density at radius 2 is 1.45 bits per heavy atom. The average molecular weight is 338 g/mol. The molecule has 5 heteroatoms. The quantitative estimate of drug-likeness (QED) is 0.765. The van der Waals surface area contributed by atoms with Crippen LogP contribution in [0, 0.1) is 6.92 Å². The van der Waals surface area contributed by atoms with E-state index in [2.05, 4.69) is 0 Å². The van der Waals surface area contributed by atoms with Crippen LogP contribution >= 0.6 is 6.83 Å². The predicted molar refractivity (Wildman–Crippen MR) is 94.3 cm³/mol. The van der Waals surface area contributed by atoms with Gasteiger partial charge in [-0.3, -0.25) is 0 Å². The van der Waals surface area contributed by atoms with Gasteiger partial charge in [-0.05, 0) is 0 Å². The summed E-state index contributed by atoms with van der Waals surface area (Å²) >= 11 is 0. The monoisotopic (exact) mass is 338 g/mol. The molecule has 2 aromatic rings. The Balaban J connectivity index is 2.28. The van der Waals surface area contributed by atoms with Gasteiger partial charge in [0.05, 0.1) is 0 Å². The van der Waals surface area contributed by atoms with E-state index < -0.39 is 16.9 Å². The van der Waals surface area contributed by atoms with E-state index in [1.54, 1.807) is 24.3 Å². The molecular weight excluding hydrogens is 315 g/mol. The summed E-state index contributed by atoms with van der Waals surface area (Å²) in [6, 6.07) is 16.6. The van der Waals surface area contributed by atoms with E-state index >= 15 is 0 Å². The molecule has 0 spiro atoms. The van der Waals surface area contributed by atoms with Crippen LogP contribution < -0.4 is 0 Å². The molecule has 0 fully saturated rings. The zero-order valence-electron chi connectivity index (χ0n) is 13.5. The third-order valence-corrected chi connectivity index (χ3v) is 8.54. The fourth-order valence-electron chi connectivity index (χ4n) is 2.34. The summed E-state index contributed by atoms with van der Waals surface area (Å²) in [7, 11) is -3.76. The van der Waals surface area contributed by atoms with Crippen molar-refractivity contribution in [3.63, 3.8) is 0 Å². The summed E-state index contributed by atoms with van der Waals surface area (Å²) < 4.78 is 30.9. The van der Waals surface area contributed by atoms with Gasteiger partial charge in [-0.25, -0.2) is 0 Å². The molecule has 0 radical (unpaired) electrons. The summed E-state index contributed by atoms with van der Waals surface area (Å²) in [6.45, 7) is 4.88. The molecule has 22 heavy (non-hydrogen) atoms. The second kappa shape index (κ2) is 5.77. The van der Waals surface area contributed by atoms with Crippen molar-refractivity contribution in [3.05, 3.63) is 65.7 Å². The van der Waals surface area contributed by atoms with Crippen molar-refractivity contribution in [2.24, 2.45) is 0 Å². The number of rotatable bonds is 5. The standard InChI is InChI=1S/C17H23O3PS/c1-15-10-12-17(13-11-15)22(18,19)20-21(2,3,4)14-16-8-6-5-7-9-16/h5-13H,14H2,1-4H3. The van der Waals surface area contributed by atoms with E-state index in [4.69, 9.17) is 3.97 Å². The summed E-state index contributed by atoms with van der Waals surface area (Å²) in [4.78, 5) is 0.214. The fraction of sp³-hybridized carbons (Fsp3) is 0.294. The molecule has 3 nitrogen and oxygen atoms in total. The van der Waals surface area contributed by atoms with E-state index in [1.165, 1.54) is 0 Å². The second-order valence-electron chi connectivity index (χ2n) is 6.95. The summed E-state index contributed by atoms with van der Waals surface area (Å²) in [5, 5.41) is 0. The Hall–Kier alpha value is -1.22. The van der Waals surface area contributed by atoms with Crippen molar-refractivity contribution in [1.29, 1.82) is 0 Å². The first-order valence-corrected chi connectivity index (χ1v) is 12.2. The second-order valence-corrected chi connectivity index (χ2v) is 15.2. The number of hydrogen-bond donors (Lipinski definition) is 0. The fourth-order valence-corrected chi connectivity index (χ4v) is 7.73. The molecule has 0 aromatic heterocycles.